The normalized spacial score (nSPS) is 11.2. The van der Waals surface area contributed by atoms with Gasteiger partial charge in [0.2, 0.25) is 10.0 Å². The Morgan fingerprint density at radius 3 is 2.33 bits per heavy atom. The summed E-state index contributed by atoms with van der Waals surface area (Å²) in [6, 6.07) is 9.66. The van der Waals surface area contributed by atoms with Gasteiger partial charge in [-0.15, -0.1) is 0 Å². The quantitative estimate of drug-likeness (QED) is 0.841. The van der Waals surface area contributed by atoms with E-state index in [-0.39, 0.29) is 10.6 Å². The van der Waals surface area contributed by atoms with E-state index in [4.69, 9.17) is 20.3 Å². The Morgan fingerprint density at radius 2 is 1.76 bits per heavy atom. The first-order valence-corrected chi connectivity index (χ1v) is 7.60. The molecule has 4 N–H and O–H groups in total. The predicted octanol–water partition coefficient (Wildman–Crippen LogP) is 2.03. The first-order valence-electron chi connectivity index (χ1n) is 6.06. The fourth-order valence-corrected chi connectivity index (χ4v) is 2.48. The van der Waals surface area contributed by atoms with Crippen molar-refractivity contribution in [2.24, 2.45) is 5.14 Å². The van der Waals surface area contributed by atoms with E-state index in [1.165, 1.54) is 18.2 Å². The summed E-state index contributed by atoms with van der Waals surface area (Å²) in [6.45, 7) is 1.94. The van der Waals surface area contributed by atoms with E-state index in [9.17, 15) is 8.42 Å². The molecular formula is C14H16N2O4S. The van der Waals surface area contributed by atoms with Crippen LogP contribution in [0.3, 0.4) is 0 Å². The van der Waals surface area contributed by atoms with Crippen molar-refractivity contribution >= 4 is 15.7 Å². The summed E-state index contributed by atoms with van der Waals surface area (Å²) in [5, 5.41) is 5.05. The lowest BCUT2D eigenvalue weighted by Gasteiger charge is -2.12. The zero-order valence-corrected chi connectivity index (χ0v) is 12.5. The topological polar surface area (TPSA) is 105 Å². The summed E-state index contributed by atoms with van der Waals surface area (Å²) in [5.41, 5.74) is 6.75. The summed E-state index contributed by atoms with van der Waals surface area (Å²) in [6.07, 6.45) is 0. The number of rotatable bonds is 4. The van der Waals surface area contributed by atoms with Crippen LogP contribution in [-0.2, 0) is 10.0 Å². The second-order valence-corrected chi connectivity index (χ2v) is 6.03. The van der Waals surface area contributed by atoms with E-state index < -0.39 is 10.0 Å². The molecule has 0 unspecified atom stereocenters. The summed E-state index contributed by atoms with van der Waals surface area (Å²) < 4.78 is 33.5. The van der Waals surface area contributed by atoms with Gasteiger partial charge in [0.15, 0.2) is 11.5 Å². The average molecular weight is 308 g/mol. The van der Waals surface area contributed by atoms with Gasteiger partial charge in [-0.3, -0.25) is 0 Å². The highest BCUT2D eigenvalue weighted by Crippen LogP contribution is 2.33. The molecule has 0 aliphatic rings. The van der Waals surface area contributed by atoms with Gasteiger partial charge < -0.3 is 15.2 Å². The van der Waals surface area contributed by atoms with Gasteiger partial charge in [0.05, 0.1) is 12.8 Å². The molecule has 6 nitrogen and oxygen atoms in total. The SMILES string of the molecule is COc1cc(C)ccc1Oc1ccc(S(N)(=O)=O)c(N)c1. The fourth-order valence-electron chi connectivity index (χ4n) is 1.84. The number of benzene rings is 2. The van der Waals surface area contributed by atoms with Crippen molar-refractivity contribution in [3.8, 4) is 17.2 Å². The molecule has 0 radical (unpaired) electrons. The monoisotopic (exact) mass is 308 g/mol. The first-order chi connectivity index (χ1) is 9.81. The van der Waals surface area contributed by atoms with Crippen LogP contribution in [0.4, 0.5) is 5.69 Å². The van der Waals surface area contributed by atoms with E-state index in [0.717, 1.165) is 5.56 Å². The standard InChI is InChI=1S/C14H16N2O4S/c1-9-3-5-12(13(7-9)19-2)20-10-4-6-14(11(15)8-10)21(16,17)18/h3-8H,15H2,1-2H3,(H2,16,17,18). The molecule has 0 saturated carbocycles. The van der Waals surface area contributed by atoms with E-state index in [0.29, 0.717) is 17.2 Å². The lowest BCUT2D eigenvalue weighted by Crippen LogP contribution is -2.14. The van der Waals surface area contributed by atoms with Gasteiger partial charge in [0.1, 0.15) is 10.6 Å². The molecule has 2 aromatic carbocycles. The van der Waals surface area contributed by atoms with E-state index in [1.807, 2.05) is 19.1 Å². The Hall–Kier alpha value is -2.25. The highest BCUT2D eigenvalue weighted by atomic mass is 32.2. The predicted molar refractivity (Wildman–Crippen MR) is 80.0 cm³/mol. The van der Waals surface area contributed by atoms with Crippen LogP contribution in [0.15, 0.2) is 41.3 Å². The van der Waals surface area contributed by atoms with Gasteiger partial charge in [0.25, 0.3) is 0 Å². The molecule has 2 rings (SSSR count). The molecule has 2 aromatic rings. The van der Waals surface area contributed by atoms with Crippen LogP contribution < -0.4 is 20.3 Å². The number of hydrogen-bond acceptors (Lipinski definition) is 5. The molecule has 0 saturated heterocycles. The van der Waals surface area contributed by atoms with Crippen molar-refractivity contribution in [1.82, 2.24) is 0 Å². The van der Waals surface area contributed by atoms with Crippen LogP contribution in [0, 0.1) is 6.92 Å². The minimum Gasteiger partial charge on any atom is -0.493 e. The van der Waals surface area contributed by atoms with Crippen LogP contribution >= 0.6 is 0 Å². The molecule has 0 atom stereocenters. The Labute approximate surface area is 123 Å². The van der Waals surface area contributed by atoms with Gasteiger partial charge in [-0.1, -0.05) is 6.07 Å². The minimum absolute atomic E-state index is 0.0288. The maximum atomic E-state index is 11.3. The maximum Gasteiger partial charge on any atom is 0.240 e. The third-order valence-electron chi connectivity index (χ3n) is 2.83. The van der Waals surface area contributed by atoms with Crippen LogP contribution in [0.2, 0.25) is 0 Å². The van der Waals surface area contributed by atoms with Gasteiger partial charge in [-0.2, -0.15) is 0 Å². The molecule has 0 aromatic heterocycles. The van der Waals surface area contributed by atoms with Crippen LogP contribution in [0.25, 0.3) is 0 Å². The third-order valence-corrected chi connectivity index (χ3v) is 3.82. The molecule has 21 heavy (non-hydrogen) atoms. The number of primary sulfonamides is 1. The van der Waals surface area contributed by atoms with Crippen molar-refractivity contribution in [3.63, 3.8) is 0 Å². The molecule has 0 heterocycles. The molecule has 0 aliphatic carbocycles. The second-order valence-electron chi connectivity index (χ2n) is 4.50. The number of nitrogens with two attached hydrogens (primary N) is 2. The van der Waals surface area contributed by atoms with Crippen molar-refractivity contribution in [2.45, 2.75) is 11.8 Å². The fraction of sp³-hybridized carbons (Fsp3) is 0.143. The molecule has 0 aliphatic heterocycles. The Bertz CT molecular complexity index is 773. The van der Waals surface area contributed by atoms with Crippen molar-refractivity contribution < 1.29 is 17.9 Å². The van der Waals surface area contributed by atoms with Crippen LogP contribution in [0.5, 0.6) is 17.2 Å². The van der Waals surface area contributed by atoms with E-state index in [1.54, 1.807) is 13.2 Å². The third kappa shape index (κ3) is 3.45. The molecule has 0 fully saturated rings. The lowest BCUT2D eigenvalue weighted by atomic mass is 10.2. The minimum atomic E-state index is -3.85. The lowest BCUT2D eigenvalue weighted by molar-refractivity contribution is 0.378. The second kappa shape index (κ2) is 5.63. The molecule has 0 amide bonds. The summed E-state index contributed by atoms with van der Waals surface area (Å²) in [4.78, 5) is -0.134. The average Bonchev–Trinajstić information content (AvgIpc) is 2.39. The first kappa shape index (κ1) is 15.1. The summed E-state index contributed by atoms with van der Waals surface area (Å²) in [7, 11) is -2.31. The number of methoxy groups -OCH3 is 1. The zero-order valence-electron chi connectivity index (χ0n) is 11.7. The van der Waals surface area contributed by atoms with Crippen molar-refractivity contribution in [3.05, 3.63) is 42.0 Å². The Kier molecular flexibility index (Phi) is 4.06. The van der Waals surface area contributed by atoms with E-state index >= 15 is 0 Å². The number of anilines is 1. The van der Waals surface area contributed by atoms with Crippen LogP contribution in [-0.4, -0.2) is 15.5 Å². The van der Waals surface area contributed by atoms with Crippen molar-refractivity contribution in [2.75, 3.05) is 12.8 Å². The molecular weight excluding hydrogens is 292 g/mol. The summed E-state index contributed by atoms with van der Waals surface area (Å²) in [5.74, 6) is 1.47. The smallest absolute Gasteiger partial charge is 0.240 e. The number of nitrogen functional groups attached to an aromatic ring is 1. The van der Waals surface area contributed by atoms with E-state index in [2.05, 4.69) is 0 Å². The maximum absolute atomic E-state index is 11.3. The number of aryl methyl sites for hydroxylation is 1. The summed E-state index contributed by atoms with van der Waals surface area (Å²) >= 11 is 0. The van der Waals surface area contributed by atoms with Gasteiger partial charge >= 0.3 is 0 Å². The van der Waals surface area contributed by atoms with Crippen molar-refractivity contribution in [1.29, 1.82) is 0 Å². The highest BCUT2D eigenvalue weighted by molar-refractivity contribution is 7.89. The van der Waals surface area contributed by atoms with Gasteiger partial charge in [-0.25, -0.2) is 13.6 Å². The molecule has 0 spiro atoms. The Balaban J connectivity index is 2.35. The number of hydrogen-bond donors (Lipinski definition) is 2. The highest BCUT2D eigenvalue weighted by Gasteiger charge is 2.13. The molecule has 112 valence electrons. The van der Waals surface area contributed by atoms with Crippen LogP contribution in [0.1, 0.15) is 5.56 Å². The van der Waals surface area contributed by atoms with Gasteiger partial charge in [0, 0.05) is 6.07 Å². The number of ether oxygens (including phenoxy) is 2. The molecule has 0 bridgehead atoms. The van der Waals surface area contributed by atoms with Gasteiger partial charge in [-0.05, 0) is 36.8 Å². The largest absolute Gasteiger partial charge is 0.493 e. The Morgan fingerprint density at radius 1 is 1.05 bits per heavy atom. The number of sulfonamides is 1. The zero-order chi connectivity index (χ0) is 15.6. The molecule has 7 heteroatoms.